The van der Waals surface area contributed by atoms with Gasteiger partial charge in [-0.05, 0) is 48.5 Å². The molecule has 3 rings (SSSR count). The predicted molar refractivity (Wildman–Crippen MR) is 121 cm³/mol. The van der Waals surface area contributed by atoms with E-state index in [9.17, 15) is 35.2 Å². The minimum Gasteiger partial charge on any atom is -0.495 e. The summed E-state index contributed by atoms with van der Waals surface area (Å²) < 4.78 is 87.6. The van der Waals surface area contributed by atoms with Crippen molar-refractivity contribution in [2.24, 2.45) is 0 Å². The monoisotopic (exact) mass is 542 g/mol. The lowest BCUT2D eigenvalue weighted by atomic mass is 10.2. The number of carboxylic acids is 2. The number of carboxylic acid groups (broad SMARTS) is 2. The third kappa shape index (κ3) is 5.87. The molecule has 0 saturated heterocycles. The van der Waals surface area contributed by atoms with E-state index in [0.29, 0.717) is 12.1 Å². The minimum atomic E-state index is -4.52. The van der Waals surface area contributed by atoms with Crippen LogP contribution in [0.4, 0.5) is 20.2 Å². The highest BCUT2D eigenvalue weighted by molar-refractivity contribution is 7.93. The van der Waals surface area contributed by atoms with Crippen molar-refractivity contribution in [2.75, 3.05) is 16.6 Å². The third-order valence-corrected chi connectivity index (χ3v) is 7.33. The molecule has 3 aromatic rings. The van der Waals surface area contributed by atoms with Crippen molar-refractivity contribution in [3.05, 3.63) is 77.4 Å². The summed E-state index contributed by atoms with van der Waals surface area (Å²) in [4.78, 5) is 21.1. The van der Waals surface area contributed by atoms with Crippen LogP contribution < -0.4 is 14.2 Å². The predicted octanol–water partition coefficient (Wildman–Crippen LogP) is 2.97. The standard InChI is InChI=1S/C21H16F2N2O9S2/c1-34-18-10-17(35(30,31)24-15-6-11(20(26)27)4-13(22)8-15)2-3-19(18)36(32,33)25-16-7-12(21(28)29)5-14(23)9-16/h2-10,24-25H,1H3,(H,26,27)(H,28,29). The number of sulfonamides is 2. The van der Waals surface area contributed by atoms with E-state index < -0.39 is 81.7 Å². The lowest BCUT2D eigenvalue weighted by Gasteiger charge is -2.14. The summed E-state index contributed by atoms with van der Waals surface area (Å²) in [6.45, 7) is 0. The summed E-state index contributed by atoms with van der Waals surface area (Å²) in [7, 11) is -7.94. The first-order valence-corrected chi connectivity index (χ1v) is 12.5. The van der Waals surface area contributed by atoms with Gasteiger partial charge in [0, 0.05) is 6.07 Å². The number of rotatable bonds is 9. The Labute approximate surface area is 203 Å². The average Bonchev–Trinajstić information content (AvgIpc) is 2.77. The van der Waals surface area contributed by atoms with E-state index in [2.05, 4.69) is 0 Å². The maximum atomic E-state index is 13.7. The van der Waals surface area contributed by atoms with E-state index in [1.165, 1.54) is 0 Å². The Balaban J connectivity index is 1.96. The fraction of sp³-hybridized carbons (Fsp3) is 0.0476. The van der Waals surface area contributed by atoms with Gasteiger partial charge in [0.2, 0.25) is 0 Å². The first-order chi connectivity index (χ1) is 16.7. The number of methoxy groups -OCH3 is 1. The molecule has 0 aliphatic heterocycles. The zero-order valence-corrected chi connectivity index (χ0v) is 19.7. The molecule has 190 valence electrons. The second-order valence-corrected chi connectivity index (χ2v) is 10.4. The number of nitrogens with one attached hydrogen (secondary N) is 2. The van der Waals surface area contributed by atoms with Crippen molar-refractivity contribution in [2.45, 2.75) is 9.79 Å². The normalized spacial score (nSPS) is 11.5. The topological polar surface area (TPSA) is 176 Å². The first kappa shape index (κ1) is 26.4. The Morgan fingerprint density at radius 2 is 1.22 bits per heavy atom. The van der Waals surface area contributed by atoms with Crippen LogP contribution in [-0.2, 0) is 20.0 Å². The molecule has 36 heavy (non-hydrogen) atoms. The zero-order chi connectivity index (χ0) is 26.8. The van der Waals surface area contributed by atoms with Crippen LogP contribution in [0.1, 0.15) is 20.7 Å². The molecule has 11 nitrogen and oxygen atoms in total. The maximum absolute atomic E-state index is 13.7. The molecule has 0 aromatic heterocycles. The Kier molecular flexibility index (Phi) is 7.17. The highest BCUT2D eigenvalue weighted by atomic mass is 32.2. The number of halogens is 2. The summed E-state index contributed by atoms with van der Waals surface area (Å²) in [5.74, 6) is -5.47. The van der Waals surface area contributed by atoms with Crippen molar-refractivity contribution < 1.29 is 50.2 Å². The van der Waals surface area contributed by atoms with Gasteiger partial charge in [0.25, 0.3) is 20.0 Å². The molecule has 0 aliphatic carbocycles. The summed E-state index contributed by atoms with van der Waals surface area (Å²) >= 11 is 0. The molecule has 0 radical (unpaired) electrons. The summed E-state index contributed by atoms with van der Waals surface area (Å²) in [5.41, 5.74) is -1.84. The number of ether oxygens (including phenoxy) is 1. The van der Waals surface area contributed by atoms with Crippen LogP contribution >= 0.6 is 0 Å². The largest absolute Gasteiger partial charge is 0.495 e. The SMILES string of the molecule is COc1cc(S(=O)(=O)Nc2cc(F)cc(C(=O)O)c2)ccc1S(=O)(=O)Nc1cc(F)cc(C(=O)O)c1. The van der Waals surface area contributed by atoms with E-state index in [-0.39, 0.29) is 0 Å². The molecule has 3 aromatic carbocycles. The Morgan fingerprint density at radius 3 is 1.67 bits per heavy atom. The van der Waals surface area contributed by atoms with Gasteiger partial charge in [0.15, 0.2) is 0 Å². The van der Waals surface area contributed by atoms with Gasteiger partial charge in [0.05, 0.1) is 34.5 Å². The van der Waals surface area contributed by atoms with Crippen molar-refractivity contribution >= 4 is 43.4 Å². The van der Waals surface area contributed by atoms with Gasteiger partial charge in [-0.2, -0.15) is 0 Å². The van der Waals surface area contributed by atoms with E-state index in [4.69, 9.17) is 14.9 Å². The summed E-state index contributed by atoms with van der Waals surface area (Å²) in [6.07, 6.45) is 0. The first-order valence-electron chi connectivity index (χ1n) is 9.53. The third-order valence-electron chi connectivity index (χ3n) is 4.53. The Morgan fingerprint density at radius 1 is 0.750 bits per heavy atom. The van der Waals surface area contributed by atoms with Crippen LogP contribution in [0.2, 0.25) is 0 Å². The van der Waals surface area contributed by atoms with Gasteiger partial charge in [-0.3, -0.25) is 9.44 Å². The van der Waals surface area contributed by atoms with E-state index in [0.717, 1.165) is 49.6 Å². The quantitative estimate of drug-likeness (QED) is 0.317. The van der Waals surface area contributed by atoms with Gasteiger partial charge in [-0.25, -0.2) is 35.2 Å². The zero-order valence-electron chi connectivity index (χ0n) is 18.0. The summed E-state index contributed by atoms with van der Waals surface area (Å²) in [6, 6.07) is 7.20. The Hall–Kier alpha value is -4.24. The van der Waals surface area contributed by atoms with Crippen LogP contribution in [0, 0.1) is 11.6 Å². The number of hydrogen-bond acceptors (Lipinski definition) is 7. The van der Waals surface area contributed by atoms with Crippen LogP contribution in [0.3, 0.4) is 0 Å². The molecule has 0 amide bonds. The molecular weight excluding hydrogens is 526 g/mol. The second-order valence-electron chi connectivity index (χ2n) is 7.09. The van der Waals surface area contributed by atoms with Crippen molar-refractivity contribution in [3.63, 3.8) is 0 Å². The van der Waals surface area contributed by atoms with Gasteiger partial charge >= 0.3 is 11.9 Å². The molecule has 0 unspecified atom stereocenters. The molecule has 4 N–H and O–H groups in total. The number of benzene rings is 3. The fourth-order valence-electron chi connectivity index (χ4n) is 3.01. The van der Waals surface area contributed by atoms with Gasteiger partial charge in [-0.15, -0.1) is 0 Å². The molecule has 0 bridgehead atoms. The average molecular weight is 542 g/mol. The van der Waals surface area contributed by atoms with Gasteiger partial charge < -0.3 is 14.9 Å². The smallest absolute Gasteiger partial charge is 0.335 e. The maximum Gasteiger partial charge on any atom is 0.335 e. The molecule has 0 spiro atoms. The van der Waals surface area contributed by atoms with E-state index in [1.807, 2.05) is 9.44 Å². The molecule has 0 atom stereocenters. The number of aromatic carboxylic acids is 2. The van der Waals surface area contributed by atoms with Crippen LogP contribution in [0.5, 0.6) is 5.75 Å². The van der Waals surface area contributed by atoms with Crippen molar-refractivity contribution in [3.8, 4) is 5.75 Å². The Bertz CT molecular complexity index is 1590. The van der Waals surface area contributed by atoms with E-state index >= 15 is 0 Å². The number of carbonyl (C=O) groups is 2. The molecule has 0 saturated carbocycles. The van der Waals surface area contributed by atoms with E-state index in [1.54, 1.807) is 0 Å². The van der Waals surface area contributed by atoms with Crippen LogP contribution in [0.15, 0.2) is 64.4 Å². The molecule has 15 heteroatoms. The van der Waals surface area contributed by atoms with Crippen LogP contribution in [0.25, 0.3) is 0 Å². The second kappa shape index (κ2) is 9.79. The molecule has 0 aliphatic rings. The lowest BCUT2D eigenvalue weighted by Crippen LogP contribution is -2.17. The number of hydrogen-bond donors (Lipinski definition) is 4. The lowest BCUT2D eigenvalue weighted by molar-refractivity contribution is 0.0685. The molecular formula is C21H16F2N2O9S2. The molecule has 0 heterocycles. The van der Waals surface area contributed by atoms with Gasteiger partial charge in [-0.1, -0.05) is 0 Å². The van der Waals surface area contributed by atoms with Crippen LogP contribution in [-0.4, -0.2) is 46.1 Å². The van der Waals surface area contributed by atoms with Crippen molar-refractivity contribution in [1.82, 2.24) is 0 Å². The summed E-state index contributed by atoms with van der Waals surface area (Å²) in [5, 5.41) is 18.0. The highest BCUT2D eigenvalue weighted by Gasteiger charge is 2.24. The van der Waals surface area contributed by atoms with Gasteiger partial charge in [0.1, 0.15) is 22.3 Å². The molecule has 0 fully saturated rings. The highest BCUT2D eigenvalue weighted by Crippen LogP contribution is 2.30. The number of anilines is 2. The minimum absolute atomic E-state index is 0.398. The van der Waals surface area contributed by atoms with Crippen molar-refractivity contribution in [1.29, 1.82) is 0 Å². The fourth-order valence-corrected chi connectivity index (χ4v) is 5.25.